The van der Waals surface area contributed by atoms with Crippen LogP contribution in [0.15, 0.2) is 18.7 Å². The molecule has 13 nitrogen and oxygen atoms in total. The van der Waals surface area contributed by atoms with E-state index in [2.05, 4.69) is 25.4 Å². The molecule has 1 saturated carbocycles. The third-order valence-corrected chi connectivity index (χ3v) is 6.27. The summed E-state index contributed by atoms with van der Waals surface area (Å²) in [5.41, 5.74) is 7.26. The van der Waals surface area contributed by atoms with Gasteiger partial charge in [-0.05, 0) is 19.8 Å². The normalized spacial score (nSPS) is 24.9. The Hall–Kier alpha value is -3.13. The van der Waals surface area contributed by atoms with Crippen LogP contribution in [-0.4, -0.2) is 72.0 Å². The highest BCUT2D eigenvalue weighted by molar-refractivity contribution is 5.93. The van der Waals surface area contributed by atoms with E-state index in [0.717, 1.165) is 32.1 Å². The number of fused-ring (bicyclic) bond motifs is 1. The van der Waals surface area contributed by atoms with Gasteiger partial charge < -0.3 is 30.4 Å². The number of ether oxygens (including phenoxy) is 3. The van der Waals surface area contributed by atoms with Gasteiger partial charge in [-0.2, -0.15) is 15.1 Å². The molecule has 1 spiro atoms. The van der Waals surface area contributed by atoms with E-state index in [1.807, 2.05) is 6.92 Å². The minimum absolute atomic E-state index is 0.139. The Morgan fingerprint density at radius 3 is 2.82 bits per heavy atom. The maximum Gasteiger partial charge on any atom is 0.254 e. The molecule has 4 heterocycles. The molecule has 2 aliphatic rings. The number of aliphatic hydroxyl groups is 1. The number of aliphatic hydroxyl groups excluding tert-OH is 1. The van der Waals surface area contributed by atoms with Crippen molar-refractivity contribution in [3.05, 3.63) is 24.3 Å². The van der Waals surface area contributed by atoms with E-state index in [9.17, 15) is 9.90 Å². The molecule has 0 aromatic carbocycles. The highest BCUT2D eigenvalue weighted by atomic mass is 16.8. The highest BCUT2D eigenvalue weighted by Crippen LogP contribution is 2.41. The minimum Gasteiger partial charge on any atom is -0.394 e. The van der Waals surface area contributed by atoms with Crippen LogP contribution in [0.5, 0.6) is 0 Å². The predicted molar refractivity (Wildman–Crippen MR) is 119 cm³/mol. The molecule has 13 heteroatoms. The Bertz CT molecular complexity index is 1190. The number of nitrogens with one attached hydrogen (secondary N) is 1. The number of imidazole rings is 1. The first-order valence-corrected chi connectivity index (χ1v) is 11.3. The second kappa shape index (κ2) is 8.91. The van der Waals surface area contributed by atoms with E-state index in [-0.39, 0.29) is 30.4 Å². The van der Waals surface area contributed by atoms with Gasteiger partial charge in [-0.3, -0.25) is 9.36 Å². The van der Waals surface area contributed by atoms with Crippen molar-refractivity contribution in [2.24, 2.45) is 0 Å². The Labute approximate surface area is 195 Å². The summed E-state index contributed by atoms with van der Waals surface area (Å²) in [7, 11) is 1.54. The van der Waals surface area contributed by atoms with Crippen molar-refractivity contribution in [3.63, 3.8) is 0 Å². The van der Waals surface area contributed by atoms with Gasteiger partial charge in [0.15, 0.2) is 22.8 Å². The van der Waals surface area contributed by atoms with Crippen LogP contribution in [0.1, 0.15) is 55.8 Å². The molecule has 3 aromatic heterocycles. The number of aromatic nitrogens is 6. The standard InChI is InChI=1S/C21H28N8O5/c1-12-14(10-30)32-20(34-21(33-12)6-4-3-5-7-21)28-11-24-15-16(22)26-19(27-17(15)28)29-9-13(8-25-29)18(31)23-2/h8-9,11-12,14,20,30H,3-7,10H2,1-2H3,(H,23,31)(H2,22,26,27)/t12-,14-,20-/m1/s1. The number of hydrogen-bond acceptors (Lipinski definition) is 10. The Morgan fingerprint density at radius 1 is 1.29 bits per heavy atom. The van der Waals surface area contributed by atoms with Crippen LogP contribution in [0.4, 0.5) is 5.82 Å². The number of nitrogens with zero attached hydrogens (tertiary/aromatic N) is 6. The van der Waals surface area contributed by atoms with E-state index >= 15 is 0 Å². The van der Waals surface area contributed by atoms with E-state index in [1.165, 1.54) is 30.5 Å². The first-order chi connectivity index (χ1) is 16.4. The molecular weight excluding hydrogens is 444 g/mol. The topological polar surface area (TPSA) is 164 Å². The van der Waals surface area contributed by atoms with Crippen LogP contribution >= 0.6 is 0 Å². The quantitative estimate of drug-likeness (QED) is 0.496. The Kier molecular flexibility index (Phi) is 5.93. The van der Waals surface area contributed by atoms with Crippen molar-refractivity contribution in [3.8, 4) is 5.95 Å². The van der Waals surface area contributed by atoms with Crippen molar-refractivity contribution in [1.82, 2.24) is 34.6 Å². The number of rotatable bonds is 4. The third kappa shape index (κ3) is 4.00. The summed E-state index contributed by atoms with van der Waals surface area (Å²) < 4.78 is 21.8. The molecule has 3 aromatic rings. The number of nitrogens with two attached hydrogens (primary N) is 1. The molecule has 1 aliphatic heterocycles. The minimum atomic E-state index is -0.952. The van der Waals surface area contributed by atoms with Gasteiger partial charge in [0.05, 0.1) is 24.5 Å². The van der Waals surface area contributed by atoms with Gasteiger partial charge in [0.2, 0.25) is 6.41 Å². The summed E-state index contributed by atoms with van der Waals surface area (Å²) in [6.07, 6.45) is 7.01. The SMILES string of the molecule is CNC(=O)c1cnn(-c2nc(N)c3ncn([C@@H]4O[C@H](CO)[C@@H](C)OC5(CCCCC5)O4)c3n2)c1. The monoisotopic (exact) mass is 472 g/mol. The number of amides is 1. The predicted octanol–water partition coefficient (Wildman–Crippen LogP) is 0.883. The Balaban J connectivity index is 1.56. The van der Waals surface area contributed by atoms with Crippen LogP contribution in [0.2, 0.25) is 0 Å². The average molecular weight is 473 g/mol. The lowest BCUT2D eigenvalue weighted by Crippen LogP contribution is -2.42. The van der Waals surface area contributed by atoms with Crippen LogP contribution in [0, 0.1) is 0 Å². The molecule has 34 heavy (non-hydrogen) atoms. The first-order valence-electron chi connectivity index (χ1n) is 11.3. The van der Waals surface area contributed by atoms with Gasteiger partial charge in [0.25, 0.3) is 11.9 Å². The summed E-state index contributed by atoms with van der Waals surface area (Å²) >= 11 is 0. The summed E-state index contributed by atoms with van der Waals surface area (Å²) in [6.45, 7) is 1.64. The van der Waals surface area contributed by atoms with Crippen molar-refractivity contribution >= 4 is 22.9 Å². The maximum atomic E-state index is 11.9. The summed E-state index contributed by atoms with van der Waals surface area (Å²) in [4.78, 5) is 25.2. The number of anilines is 1. The van der Waals surface area contributed by atoms with E-state index in [4.69, 9.17) is 19.9 Å². The molecule has 0 unspecified atom stereocenters. The summed E-state index contributed by atoms with van der Waals surface area (Å²) in [5.74, 6) is -0.812. The molecular formula is C21H28N8O5. The van der Waals surface area contributed by atoms with Crippen molar-refractivity contribution in [2.75, 3.05) is 19.4 Å². The molecule has 182 valence electrons. The van der Waals surface area contributed by atoms with Crippen molar-refractivity contribution < 1.29 is 24.1 Å². The van der Waals surface area contributed by atoms with E-state index in [0.29, 0.717) is 16.7 Å². The maximum absolute atomic E-state index is 11.9. The smallest absolute Gasteiger partial charge is 0.254 e. The zero-order valence-corrected chi connectivity index (χ0v) is 19.0. The van der Waals surface area contributed by atoms with Crippen LogP contribution in [-0.2, 0) is 14.2 Å². The number of nitrogen functional groups attached to an aromatic ring is 1. The second-order valence-corrected chi connectivity index (χ2v) is 8.56. The Morgan fingerprint density at radius 2 is 2.09 bits per heavy atom. The van der Waals surface area contributed by atoms with Gasteiger partial charge in [-0.15, -0.1) is 0 Å². The van der Waals surface area contributed by atoms with Gasteiger partial charge >= 0.3 is 0 Å². The van der Waals surface area contributed by atoms with E-state index in [1.54, 1.807) is 4.57 Å². The second-order valence-electron chi connectivity index (χ2n) is 8.56. The number of carbonyl (C=O) groups excluding carboxylic acids is 1. The molecule has 0 bridgehead atoms. The fourth-order valence-corrected chi connectivity index (χ4v) is 4.43. The van der Waals surface area contributed by atoms with Crippen LogP contribution in [0.3, 0.4) is 0 Å². The molecule has 3 atom stereocenters. The van der Waals surface area contributed by atoms with Gasteiger partial charge in [-0.1, -0.05) is 6.42 Å². The third-order valence-electron chi connectivity index (χ3n) is 6.27. The lowest BCUT2D eigenvalue weighted by atomic mass is 9.94. The van der Waals surface area contributed by atoms with Crippen LogP contribution < -0.4 is 11.1 Å². The molecule has 5 rings (SSSR count). The molecule has 1 aliphatic carbocycles. The number of carbonyl (C=O) groups is 1. The van der Waals surface area contributed by atoms with Gasteiger partial charge in [0, 0.05) is 26.1 Å². The van der Waals surface area contributed by atoms with Gasteiger partial charge in [-0.25, -0.2) is 9.67 Å². The lowest BCUT2D eigenvalue weighted by Gasteiger charge is -2.38. The average Bonchev–Trinajstić information content (AvgIpc) is 3.47. The zero-order chi connectivity index (χ0) is 23.9. The fourth-order valence-electron chi connectivity index (χ4n) is 4.43. The summed E-state index contributed by atoms with van der Waals surface area (Å²) in [6, 6.07) is 0. The molecule has 1 amide bonds. The lowest BCUT2D eigenvalue weighted by molar-refractivity contribution is -0.318. The van der Waals surface area contributed by atoms with Gasteiger partial charge in [0.1, 0.15) is 12.4 Å². The van der Waals surface area contributed by atoms with Crippen molar-refractivity contribution in [1.29, 1.82) is 0 Å². The molecule has 0 radical (unpaired) electrons. The summed E-state index contributed by atoms with van der Waals surface area (Å²) in [5, 5.41) is 16.7. The zero-order valence-electron chi connectivity index (χ0n) is 19.0. The molecule has 4 N–H and O–H groups in total. The first kappa shape index (κ1) is 22.7. The van der Waals surface area contributed by atoms with Crippen molar-refractivity contribution in [2.45, 2.75) is 63.4 Å². The number of hydrogen-bond donors (Lipinski definition) is 3. The largest absolute Gasteiger partial charge is 0.394 e. The molecule has 2 fully saturated rings. The molecule has 1 saturated heterocycles. The van der Waals surface area contributed by atoms with Crippen LogP contribution in [0.25, 0.3) is 17.1 Å². The highest BCUT2D eigenvalue weighted by Gasteiger charge is 2.44. The van der Waals surface area contributed by atoms with E-state index < -0.39 is 18.3 Å². The fraction of sp³-hybridized carbons (Fsp3) is 0.571.